The zero-order valence-electron chi connectivity index (χ0n) is 21.2. The van der Waals surface area contributed by atoms with Gasteiger partial charge < -0.3 is 9.47 Å². The molecule has 4 aromatic rings. The van der Waals surface area contributed by atoms with Crippen LogP contribution in [0, 0.1) is 6.92 Å². The third kappa shape index (κ3) is 5.08. The minimum Gasteiger partial charge on any atom is -0.447 e. The van der Waals surface area contributed by atoms with Gasteiger partial charge >= 0.3 is 6.09 Å². The molecule has 2 saturated heterocycles. The number of nitrogens with zero attached hydrogens (tertiary/aromatic N) is 6. The number of cyclic esters (lactones) is 1. The lowest BCUT2D eigenvalue weighted by molar-refractivity contribution is 0.104. The molecular formula is C28H29N7O3. The number of hydrogen-bond acceptors (Lipinski definition) is 8. The SMILES string of the molecule is Cc1nc(Oc2ccc(-c3nn[nH]n3)cc2)ccc1CN1CCC(N2C(=O)OCC2c2ccccc2)CC1. The summed E-state index contributed by atoms with van der Waals surface area (Å²) in [5.41, 5.74) is 4.10. The van der Waals surface area contributed by atoms with E-state index in [1.165, 1.54) is 5.56 Å². The zero-order valence-corrected chi connectivity index (χ0v) is 21.2. The lowest BCUT2D eigenvalue weighted by Crippen LogP contribution is -2.46. The van der Waals surface area contributed by atoms with Gasteiger partial charge in [-0.15, -0.1) is 10.2 Å². The molecule has 2 aromatic carbocycles. The van der Waals surface area contributed by atoms with Gasteiger partial charge in [-0.25, -0.2) is 9.78 Å². The summed E-state index contributed by atoms with van der Waals surface area (Å²) >= 11 is 0. The molecule has 6 rings (SSSR count). The Hall–Kier alpha value is -4.31. The summed E-state index contributed by atoms with van der Waals surface area (Å²) in [5, 5.41) is 14.0. The van der Waals surface area contributed by atoms with Crippen LogP contribution >= 0.6 is 0 Å². The number of piperidine rings is 1. The molecule has 2 aliphatic rings. The summed E-state index contributed by atoms with van der Waals surface area (Å²) in [6.07, 6.45) is 1.65. The summed E-state index contributed by atoms with van der Waals surface area (Å²) in [7, 11) is 0. The van der Waals surface area contributed by atoms with Crippen LogP contribution in [0.5, 0.6) is 11.6 Å². The van der Waals surface area contributed by atoms with Crippen molar-refractivity contribution in [3.63, 3.8) is 0 Å². The molecule has 2 aromatic heterocycles. The van der Waals surface area contributed by atoms with Crippen LogP contribution in [0.2, 0.25) is 0 Å². The molecule has 0 radical (unpaired) electrons. The van der Waals surface area contributed by atoms with E-state index in [1.807, 2.05) is 60.4 Å². The second kappa shape index (κ2) is 10.6. The quantitative estimate of drug-likeness (QED) is 0.386. The molecule has 10 heteroatoms. The summed E-state index contributed by atoms with van der Waals surface area (Å²) in [5.74, 6) is 1.78. The molecule has 1 amide bonds. The molecule has 4 heterocycles. The van der Waals surface area contributed by atoms with Gasteiger partial charge in [-0.05, 0) is 60.4 Å². The van der Waals surface area contributed by atoms with Crippen LogP contribution in [-0.4, -0.2) is 67.2 Å². The molecule has 2 fully saturated rings. The fourth-order valence-electron chi connectivity index (χ4n) is 5.23. The first-order valence-electron chi connectivity index (χ1n) is 12.8. The van der Waals surface area contributed by atoms with Crippen molar-refractivity contribution in [1.29, 1.82) is 0 Å². The monoisotopic (exact) mass is 511 g/mol. The molecule has 0 saturated carbocycles. The maximum Gasteiger partial charge on any atom is 0.410 e. The maximum absolute atomic E-state index is 12.6. The lowest BCUT2D eigenvalue weighted by Gasteiger charge is -2.38. The number of ether oxygens (including phenoxy) is 2. The highest BCUT2D eigenvalue weighted by molar-refractivity contribution is 5.71. The first kappa shape index (κ1) is 24.1. The van der Waals surface area contributed by atoms with Crippen LogP contribution in [0.4, 0.5) is 4.79 Å². The van der Waals surface area contributed by atoms with Crippen molar-refractivity contribution in [2.45, 2.75) is 38.4 Å². The molecule has 194 valence electrons. The number of carbonyl (C=O) groups excluding carboxylic acids is 1. The number of benzene rings is 2. The Morgan fingerprint density at radius 3 is 2.53 bits per heavy atom. The third-order valence-corrected chi connectivity index (χ3v) is 7.29. The molecule has 0 spiro atoms. The number of amides is 1. The molecule has 1 N–H and O–H groups in total. The summed E-state index contributed by atoms with van der Waals surface area (Å²) < 4.78 is 11.4. The molecule has 38 heavy (non-hydrogen) atoms. The molecule has 10 nitrogen and oxygen atoms in total. The molecular weight excluding hydrogens is 482 g/mol. The number of rotatable bonds is 7. The first-order valence-corrected chi connectivity index (χ1v) is 12.8. The normalized spacial score (nSPS) is 18.5. The van der Waals surface area contributed by atoms with Gasteiger partial charge in [-0.3, -0.25) is 9.80 Å². The Kier molecular flexibility index (Phi) is 6.70. The number of aromatic nitrogens is 5. The number of hydrogen-bond donors (Lipinski definition) is 1. The van der Waals surface area contributed by atoms with E-state index in [9.17, 15) is 4.79 Å². The molecule has 1 atom stereocenters. The van der Waals surface area contributed by atoms with Crippen LogP contribution in [0.25, 0.3) is 11.4 Å². The summed E-state index contributed by atoms with van der Waals surface area (Å²) in [6, 6.07) is 21.8. The highest BCUT2D eigenvalue weighted by Gasteiger charge is 2.40. The Morgan fingerprint density at radius 1 is 1.03 bits per heavy atom. The van der Waals surface area contributed by atoms with Crippen molar-refractivity contribution >= 4 is 6.09 Å². The molecule has 0 aliphatic carbocycles. The van der Waals surface area contributed by atoms with E-state index in [1.54, 1.807) is 0 Å². The fraction of sp³-hybridized carbons (Fsp3) is 0.321. The number of H-pyrrole nitrogens is 1. The minimum absolute atomic E-state index is 0.00516. The van der Waals surface area contributed by atoms with Gasteiger partial charge in [0.25, 0.3) is 0 Å². The fourth-order valence-corrected chi connectivity index (χ4v) is 5.23. The van der Waals surface area contributed by atoms with Gasteiger partial charge in [0.15, 0.2) is 0 Å². The van der Waals surface area contributed by atoms with Gasteiger partial charge in [-0.2, -0.15) is 5.21 Å². The first-order chi connectivity index (χ1) is 18.6. The zero-order chi connectivity index (χ0) is 25.9. The van der Waals surface area contributed by atoms with E-state index in [4.69, 9.17) is 9.47 Å². The van der Waals surface area contributed by atoms with Crippen molar-refractivity contribution in [3.05, 3.63) is 83.6 Å². The van der Waals surface area contributed by atoms with Crippen molar-refractivity contribution < 1.29 is 14.3 Å². The number of tetrazole rings is 1. The Labute approximate surface area is 220 Å². The number of aryl methyl sites for hydroxylation is 1. The highest BCUT2D eigenvalue weighted by Crippen LogP contribution is 2.33. The van der Waals surface area contributed by atoms with Gasteiger partial charge in [0, 0.05) is 43.0 Å². The van der Waals surface area contributed by atoms with E-state index in [0.717, 1.165) is 49.3 Å². The number of likely N-dealkylation sites (tertiary alicyclic amines) is 1. The van der Waals surface area contributed by atoms with E-state index in [0.29, 0.717) is 24.1 Å². The van der Waals surface area contributed by atoms with E-state index in [2.05, 4.69) is 48.7 Å². The van der Waals surface area contributed by atoms with Crippen LogP contribution in [0.15, 0.2) is 66.7 Å². The second-order valence-electron chi connectivity index (χ2n) is 9.67. The topological polar surface area (TPSA) is 109 Å². The summed E-state index contributed by atoms with van der Waals surface area (Å²) in [4.78, 5) is 21.6. The number of carbonyl (C=O) groups is 1. The van der Waals surface area contributed by atoms with Gasteiger partial charge in [0.1, 0.15) is 12.4 Å². The Balaban J connectivity index is 1.05. The maximum atomic E-state index is 12.6. The predicted molar refractivity (Wildman–Crippen MR) is 139 cm³/mol. The smallest absolute Gasteiger partial charge is 0.410 e. The minimum atomic E-state index is -0.197. The third-order valence-electron chi connectivity index (χ3n) is 7.29. The number of nitrogens with one attached hydrogen (secondary N) is 1. The average Bonchev–Trinajstić information content (AvgIpc) is 3.62. The van der Waals surface area contributed by atoms with E-state index < -0.39 is 0 Å². The Bertz CT molecular complexity index is 1370. The predicted octanol–water partition coefficient (Wildman–Crippen LogP) is 4.52. The lowest BCUT2D eigenvalue weighted by atomic mass is 9.98. The van der Waals surface area contributed by atoms with Crippen molar-refractivity contribution in [2.24, 2.45) is 0 Å². The van der Waals surface area contributed by atoms with Gasteiger partial charge in [0.2, 0.25) is 11.7 Å². The van der Waals surface area contributed by atoms with E-state index >= 15 is 0 Å². The number of pyridine rings is 1. The van der Waals surface area contributed by atoms with E-state index in [-0.39, 0.29) is 18.2 Å². The molecule has 1 unspecified atom stereocenters. The van der Waals surface area contributed by atoms with Crippen LogP contribution in [-0.2, 0) is 11.3 Å². The van der Waals surface area contributed by atoms with Crippen LogP contribution in [0.1, 0.15) is 35.7 Å². The van der Waals surface area contributed by atoms with Crippen LogP contribution < -0.4 is 4.74 Å². The molecule has 0 bridgehead atoms. The summed E-state index contributed by atoms with van der Waals surface area (Å²) in [6.45, 7) is 5.09. The largest absolute Gasteiger partial charge is 0.447 e. The van der Waals surface area contributed by atoms with Crippen LogP contribution in [0.3, 0.4) is 0 Å². The average molecular weight is 512 g/mol. The molecule has 2 aliphatic heterocycles. The van der Waals surface area contributed by atoms with Gasteiger partial charge in [-0.1, -0.05) is 36.4 Å². The van der Waals surface area contributed by atoms with Crippen molar-refractivity contribution in [3.8, 4) is 23.0 Å². The number of aromatic amines is 1. The highest BCUT2D eigenvalue weighted by atomic mass is 16.6. The standard InChI is InChI=1S/C28H29N7O3/c1-19-22(9-12-26(29-19)38-24-10-7-21(8-11-24)27-30-32-33-31-27)17-34-15-13-23(14-16-34)35-25(18-37-28(35)36)20-5-3-2-4-6-20/h2-12,23,25H,13-18H2,1H3,(H,30,31,32,33). The second-order valence-corrected chi connectivity index (χ2v) is 9.67. The van der Waals surface area contributed by atoms with Crippen molar-refractivity contribution in [1.82, 2.24) is 35.4 Å². The Morgan fingerprint density at radius 2 is 1.82 bits per heavy atom. The van der Waals surface area contributed by atoms with Crippen molar-refractivity contribution in [2.75, 3.05) is 19.7 Å². The van der Waals surface area contributed by atoms with Gasteiger partial charge in [0.05, 0.1) is 6.04 Å².